The molecule has 8 atom stereocenters. The summed E-state index contributed by atoms with van der Waals surface area (Å²) in [5.74, 6) is -2.21. The fraction of sp³-hybridized carbons (Fsp3) is 0.375. The summed E-state index contributed by atoms with van der Waals surface area (Å²) in [4.78, 5) is 26.4. The molecule has 5 N–H and O–H groups in total. The third kappa shape index (κ3) is 6.08. The number of para-hydroxylation sites is 1. The van der Waals surface area contributed by atoms with Crippen LogP contribution in [0.3, 0.4) is 0 Å². The lowest BCUT2D eigenvalue weighted by Crippen LogP contribution is -2.59. The van der Waals surface area contributed by atoms with Crippen LogP contribution in [-0.2, 0) is 20.7 Å². The Bertz CT molecular complexity index is 1370. The molecule has 42 heavy (non-hydrogen) atoms. The number of carboxylic acid groups (broad SMARTS) is 1. The van der Waals surface area contributed by atoms with Gasteiger partial charge in [0.05, 0.1) is 24.2 Å². The number of nitrogens with zero attached hydrogens (tertiary/aromatic N) is 1. The van der Waals surface area contributed by atoms with Crippen LogP contribution < -0.4 is 4.90 Å². The number of halogens is 1. The molecule has 2 aliphatic rings. The summed E-state index contributed by atoms with van der Waals surface area (Å²) in [5.41, 5.74) is 3.14. The van der Waals surface area contributed by atoms with Crippen LogP contribution in [-0.4, -0.2) is 67.9 Å². The second-order valence-electron chi connectivity index (χ2n) is 10.9. The minimum atomic E-state index is -1.73. The number of benzene rings is 3. The molecule has 0 bridgehead atoms. The van der Waals surface area contributed by atoms with E-state index in [4.69, 9.17) is 4.74 Å². The number of aliphatic hydroxyl groups is 4. The van der Waals surface area contributed by atoms with Gasteiger partial charge in [0.15, 0.2) is 6.10 Å². The highest BCUT2D eigenvalue weighted by Gasteiger charge is 2.49. The van der Waals surface area contributed by atoms with E-state index >= 15 is 0 Å². The standard InChI is InChI=1S/C32H34FNO8/c33-21-13-11-19(12-14-21)24(35)16-15-23-26(34(31(23)39)22-4-2-1-3-5-22)20-9-6-18(7-10-20)8-17-25-27(36)28(37)29(38)30(42-25)32(40)41/h1-7,9-14,23-30,35-38H,8,15-17H2,(H,40,41). The molecule has 1 amide bonds. The average Bonchev–Trinajstić information content (AvgIpc) is 2.99. The zero-order valence-electron chi connectivity index (χ0n) is 22.7. The predicted molar refractivity (Wildman–Crippen MR) is 150 cm³/mol. The minimum Gasteiger partial charge on any atom is -0.479 e. The van der Waals surface area contributed by atoms with Crippen molar-refractivity contribution in [1.82, 2.24) is 0 Å². The zero-order valence-corrected chi connectivity index (χ0v) is 22.7. The van der Waals surface area contributed by atoms with E-state index in [9.17, 15) is 39.5 Å². The molecule has 3 aromatic carbocycles. The van der Waals surface area contributed by atoms with Crippen molar-refractivity contribution in [2.24, 2.45) is 5.92 Å². The molecule has 0 radical (unpaired) electrons. The van der Waals surface area contributed by atoms with E-state index in [1.807, 2.05) is 54.6 Å². The van der Waals surface area contributed by atoms with Gasteiger partial charge in [-0.15, -0.1) is 0 Å². The minimum absolute atomic E-state index is 0.0428. The van der Waals surface area contributed by atoms with Crippen molar-refractivity contribution < 1.29 is 44.2 Å². The number of hydrogen-bond acceptors (Lipinski definition) is 7. The maximum Gasteiger partial charge on any atom is 0.335 e. The number of ether oxygens (including phenoxy) is 1. The first-order valence-corrected chi connectivity index (χ1v) is 14.0. The third-order valence-electron chi connectivity index (χ3n) is 8.25. The van der Waals surface area contributed by atoms with E-state index < -0.39 is 42.6 Å². The van der Waals surface area contributed by atoms with Gasteiger partial charge >= 0.3 is 5.97 Å². The van der Waals surface area contributed by atoms with Crippen molar-refractivity contribution >= 4 is 17.6 Å². The fourth-order valence-electron chi connectivity index (χ4n) is 5.86. The lowest BCUT2D eigenvalue weighted by Gasteiger charge is -2.48. The molecule has 5 rings (SSSR count). The zero-order chi connectivity index (χ0) is 30.0. The smallest absolute Gasteiger partial charge is 0.335 e. The van der Waals surface area contributed by atoms with Crippen molar-refractivity contribution in [3.05, 3.63) is 101 Å². The molecule has 0 spiro atoms. The van der Waals surface area contributed by atoms with Crippen molar-refractivity contribution in [3.8, 4) is 0 Å². The summed E-state index contributed by atoms with van der Waals surface area (Å²) in [6.07, 6.45) is -6.82. The van der Waals surface area contributed by atoms with Gasteiger partial charge in [0.1, 0.15) is 24.1 Å². The molecule has 2 saturated heterocycles. The van der Waals surface area contributed by atoms with Gasteiger partial charge in [0.2, 0.25) is 5.91 Å². The van der Waals surface area contributed by atoms with E-state index in [0.717, 1.165) is 16.8 Å². The van der Waals surface area contributed by atoms with Gasteiger partial charge in [-0.05, 0) is 66.6 Å². The molecular weight excluding hydrogens is 545 g/mol. The Balaban J connectivity index is 1.28. The number of β-lactam (4-membered cyclic amide) rings is 1. The largest absolute Gasteiger partial charge is 0.479 e. The molecular formula is C32H34FNO8. The van der Waals surface area contributed by atoms with E-state index in [0.29, 0.717) is 24.8 Å². The third-order valence-corrected chi connectivity index (χ3v) is 8.25. The monoisotopic (exact) mass is 579 g/mol. The number of aryl methyl sites for hydroxylation is 1. The van der Waals surface area contributed by atoms with Gasteiger partial charge in [0, 0.05) is 5.69 Å². The number of amides is 1. The van der Waals surface area contributed by atoms with Crippen molar-refractivity contribution in [1.29, 1.82) is 0 Å². The summed E-state index contributed by atoms with van der Waals surface area (Å²) < 4.78 is 18.7. The molecule has 2 heterocycles. The van der Waals surface area contributed by atoms with Gasteiger partial charge in [-0.1, -0.05) is 54.6 Å². The summed E-state index contributed by atoms with van der Waals surface area (Å²) in [6.45, 7) is 0. The van der Waals surface area contributed by atoms with Gasteiger partial charge in [-0.2, -0.15) is 0 Å². The maximum atomic E-state index is 13.3. The molecule has 3 aromatic rings. The number of hydrogen-bond donors (Lipinski definition) is 5. The SMILES string of the molecule is O=C(O)C1OC(CCc2ccc(C3C(CCC(O)c4ccc(F)cc4)C(=O)N3c3ccccc3)cc2)C(O)C(O)C1O. The normalized spacial score (nSPS) is 28.3. The van der Waals surface area contributed by atoms with Crippen LogP contribution in [0.5, 0.6) is 0 Å². The summed E-state index contributed by atoms with van der Waals surface area (Å²) in [7, 11) is 0. The Kier molecular flexibility index (Phi) is 9.00. The molecule has 2 fully saturated rings. The van der Waals surface area contributed by atoms with Crippen LogP contribution in [0.2, 0.25) is 0 Å². The molecule has 10 heteroatoms. The number of carbonyl (C=O) groups excluding carboxylic acids is 1. The lowest BCUT2D eigenvalue weighted by molar-refractivity contribution is -0.228. The Hall–Kier alpha value is -3.67. The maximum absolute atomic E-state index is 13.3. The highest BCUT2D eigenvalue weighted by molar-refractivity contribution is 6.03. The van der Waals surface area contributed by atoms with E-state index in [1.54, 1.807) is 4.90 Å². The van der Waals surface area contributed by atoms with E-state index in [1.165, 1.54) is 24.3 Å². The lowest BCUT2D eigenvalue weighted by atomic mass is 9.78. The summed E-state index contributed by atoms with van der Waals surface area (Å²) in [6, 6.07) is 22.4. The first kappa shape index (κ1) is 29.8. The van der Waals surface area contributed by atoms with Crippen molar-refractivity contribution in [2.45, 2.75) is 68.3 Å². The molecule has 8 unspecified atom stereocenters. The van der Waals surface area contributed by atoms with Gasteiger partial charge in [-0.25, -0.2) is 9.18 Å². The van der Waals surface area contributed by atoms with E-state index in [2.05, 4.69) is 0 Å². The molecule has 9 nitrogen and oxygen atoms in total. The second-order valence-corrected chi connectivity index (χ2v) is 10.9. The van der Waals surface area contributed by atoms with Crippen LogP contribution in [0.1, 0.15) is 48.1 Å². The fourth-order valence-corrected chi connectivity index (χ4v) is 5.86. The van der Waals surface area contributed by atoms with Crippen LogP contribution in [0.25, 0.3) is 0 Å². The first-order valence-electron chi connectivity index (χ1n) is 14.0. The van der Waals surface area contributed by atoms with Gasteiger partial charge in [0.25, 0.3) is 0 Å². The van der Waals surface area contributed by atoms with Crippen molar-refractivity contribution in [3.63, 3.8) is 0 Å². The molecule has 0 saturated carbocycles. The van der Waals surface area contributed by atoms with Crippen molar-refractivity contribution in [2.75, 3.05) is 4.90 Å². The number of rotatable bonds is 10. The summed E-state index contributed by atoms with van der Waals surface area (Å²) >= 11 is 0. The highest BCUT2D eigenvalue weighted by atomic mass is 19.1. The van der Waals surface area contributed by atoms with Gasteiger partial charge in [-0.3, -0.25) is 4.79 Å². The molecule has 0 aliphatic carbocycles. The topological polar surface area (TPSA) is 148 Å². The molecule has 2 aliphatic heterocycles. The average molecular weight is 580 g/mol. The number of carbonyl (C=O) groups is 2. The summed E-state index contributed by atoms with van der Waals surface area (Å²) in [5, 5.41) is 50.2. The number of aliphatic carboxylic acids is 1. The number of anilines is 1. The quantitative estimate of drug-likeness (QED) is 0.230. The first-order chi connectivity index (χ1) is 20.2. The van der Waals surface area contributed by atoms with Gasteiger partial charge < -0.3 is 35.2 Å². The van der Waals surface area contributed by atoms with Crippen LogP contribution in [0.4, 0.5) is 10.1 Å². The highest BCUT2D eigenvalue weighted by Crippen LogP contribution is 2.46. The van der Waals surface area contributed by atoms with Crippen LogP contribution >= 0.6 is 0 Å². The van der Waals surface area contributed by atoms with Crippen LogP contribution in [0.15, 0.2) is 78.9 Å². The second kappa shape index (κ2) is 12.7. The Morgan fingerprint density at radius 2 is 1.55 bits per heavy atom. The Labute approximate surface area is 242 Å². The molecule has 0 aromatic heterocycles. The predicted octanol–water partition coefficient (Wildman–Crippen LogP) is 2.91. The Morgan fingerprint density at radius 1 is 0.881 bits per heavy atom. The van der Waals surface area contributed by atoms with Crippen LogP contribution in [0, 0.1) is 11.7 Å². The Morgan fingerprint density at radius 3 is 2.19 bits per heavy atom. The number of aliphatic hydroxyl groups excluding tert-OH is 4. The molecule has 222 valence electrons. The number of carboxylic acids is 1. The van der Waals surface area contributed by atoms with E-state index in [-0.39, 0.29) is 30.1 Å².